The second-order valence-electron chi connectivity index (χ2n) is 2.53. The van der Waals surface area contributed by atoms with Crippen LogP contribution in [0.1, 0.15) is 5.56 Å². The quantitative estimate of drug-likeness (QED) is 0.549. The number of hydrogen-bond acceptors (Lipinski definition) is 2. The molecular formula is C9H4FIN2S. The normalized spacial score (nSPS) is 9.86. The molecule has 2 heterocycles. The van der Waals surface area contributed by atoms with Gasteiger partial charge in [-0.05, 0) is 14.2 Å². The van der Waals surface area contributed by atoms with Crippen LogP contribution in [0.4, 0.5) is 4.39 Å². The fourth-order valence-electron chi connectivity index (χ4n) is 1.11. The van der Waals surface area contributed by atoms with Crippen LogP contribution >= 0.6 is 30.1 Å². The Labute approximate surface area is 96.5 Å². The summed E-state index contributed by atoms with van der Waals surface area (Å²) in [6.07, 6.45) is 4.70. The van der Waals surface area contributed by atoms with E-state index in [0.29, 0.717) is 11.2 Å². The van der Waals surface area contributed by atoms with Crippen LogP contribution in [0.5, 0.6) is 0 Å². The van der Waals surface area contributed by atoms with E-state index in [1.807, 2.05) is 21.2 Å². The summed E-state index contributed by atoms with van der Waals surface area (Å²) in [5.41, 5.74) is 1.09. The van der Waals surface area contributed by atoms with E-state index in [9.17, 15) is 4.39 Å². The van der Waals surface area contributed by atoms with Gasteiger partial charge >= 0.3 is 0 Å². The maximum atomic E-state index is 13.4. The number of pyridine rings is 1. The van der Waals surface area contributed by atoms with Gasteiger partial charge in [0.05, 0.1) is 5.56 Å². The zero-order chi connectivity index (χ0) is 9.97. The van der Waals surface area contributed by atoms with E-state index in [2.05, 4.69) is 16.2 Å². The molecule has 0 amide bonds. The zero-order valence-electron chi connectivity index (χ0n) is 6.87. The minimum absolute atomic E-state index is 0.326. The molecule has 0 aliphatic rings. The zero-order valence-corrected chi connectivity index (χ0v) is 9.84. The van der Waals surface area contributed by atoms with Crippen molar-refractivity contribution in [2.75, 3.05) is 0 Å². The minimum atomic E-state index is -0.326. The van der Waals surface area contributed by atoms with E-state index in [1.165, 1.54) is 15.1 Å². The maximum absolute atomic E-state index is 13.4. The van der Waals surface area contributed by atoms with Gasteiger partial charge in [-0.1, -0.05) is 5.92 Å². The van der Waals surface area contributed by atoms with E-state index in [1.54, 1.807) is 22.9 Å². The van der Waals surface area contributed by atoms with Crippen molar-refractivity contribution in [3.05, 3.63) is 36.0 Å². The SMILES string of the molecule is Fc1cn2ccnc2cc1C#CSI. The summed E-state index contributed by atoms with van der Waals surface area (Å²) >= 11 is 2.04. The molecule has 70 valence electrons. The Morgan fingerprint density at radius 2 is 2.43 bits per heavy atom. The Bertz CT molecular complexity index is 526. The lowest BCUT2D eigenvalue weighted by atomic mass is 10.2. The van der Waals surface area contributed by atoms with E-state index in [-0.39, 0.29) is 5.82 Å². The van der Waals surface area contributed by atoms with Gasteiger partial charge in [-0.25, -0.2) is 9.37 Å². The molecule has 0 radical (unpaired) electrons. The Balaban J connectivity index is 2.59. The van der Waals surface area contributed by atoms with Gasteiger partial charge in [0.25, 0.3) is 0 Å². The molecule has 0 saturated carbocycles. The molecule has 0 fully saturated rings. The maximum Gasteiger partial charge on any atom is 0.155 e. The molecule has 0 atom stereocenters. The standard InChI is InChI=1S/C9H4FIN2S/c10-8-6-13-3-2-12-9(13)5-7(8)1-4-14-11/h2-3,5-6H. The first kappa shape index (κ1) is 9.80. The molecule has 0 bridgehead atoms. The minimum Gasteiger partial charge on any atom is -0.304 e. The Kier molecular flexibility index (Phi) is 2.93. The van der Waals surface area contributed by atoms with Crippen LogP contribution in [-0.4, -0.2) is 9.38 Å². The van der Waals surface area contributed by atoms with Gasteiger partial charge in [0.1, 0.15) is 5.65 Å². The first-order valence-electron chi connectivity index (χ1n) is 3.72. The van der Waals surface area contributed by atoms with Crippen molar-refractivity contribution >= 4 is 35.8 Å². The monoisotopic (exact) mass is 318 g/mol. The molecule has 5 heteroatoms. The van der Waals surface area contributed by atoms with E-state index < -0.39 is 0 Å². The van der Waals surface area contributed by atoms with Crippen molar-refractivity contribution in [3.63, 3.8) is 0 Å². The molecule has 0 aliphatic carbocycles. The summed E-state index contributed by atoms with van der Waals surface area (Å²) < 4.78 is 15.0. The highest BCUT2D eigenvalue weighted by Crippen LogP contribution is 2.12. The van der Waals surface area contributed by atoms with Gasteiger partial charge in [0.15, 0.2) is 5.82 Å². The van der Waals surface area contributed by atoms with Crippen LogP contribution < -0.4 is 0 Å². The van der Waals surface area contributed by atoms with Crippen LogP contribution in [0.2, 0.25) is 0 Å². The van der Waals surface area contributed by atoms with Crippen molar-refractivity contribution in [2.24, 2.45) is 0 Å². The van der Waals surface area contributed by atoms with Gasteiger partial charge in [0, 0.05) is 45.9 Å². The van der Waals surface area contributed by atoms with Crippen LogP contribution in [-0.2, 0) is 0 Å². The summed E-state index contributed by atoms with van der Waals surface area (Å²) in [6.45, 7) is 0. The van der Waals surface area contributed by atoms with Crippen molar-refractivity contribution in [3.8, 4) is 11.2 Å². The average Bonchev–Trinajstić information content (AvgIpc) is 2.61. The topological polar surface area (TPSA) is 17.3 Å². The molecule has 0 unspecified atom stereocenters. The Hall–Kier alpha value is -0.740. The summed E-state index contributed by atoms with van der Waals surface area (Å²) in [5.74, 6) is 2.40. The average molecular weight is 318 g/mol. The number of halogens is 2. The largest absolute Gasteiger partial charge is 0.304 e. The summed E-state index contributed by atoms with van der Waals surface area (Å²) in [4.78, 5) is 4.05. The summed E-state index contributed by atoms with van der Waals surface area (Å²) in [5, 5.41) is 2.74. The first-order valence-corrected chi connectivity index (χ1v) is 7.08. The molecule has 0 aliphatic heterocycles. The highest BCUT2D eigenvalue weighted by molar-refractivity contribution is 14.2. The molecule has 2 aromatic rings. The second kappa shape index (κ2) is 4.19. The number of hydrogen-bond donors (Lipinski definition) is 0. The van der Waals surface area contributed by atoms with Crippen molar-refractivity contribution in [1.82, 2.24) is 9.38 Å². The summed E-state index contributed by atoms with van der Waals surface area (Å²) in [6, 6.07) is 1.63. The number of rotatable bonds is 0. The molecule has 2 rings (SSSR count). The third kappa shape index (κ3) is 1.86. The Morgan fingerprint density at radius 1 is 1.57 bits per heavy atom. The number of aromatic nitrogens is 2. The lowest BCUT2D eigenvalue weighted by Gasteiger charge is -1.96. The van der Waals surface area contributed by atoms with Crippen LogP contribution in [0.25, 0.3) is 5.65 Å². The molecule has 0 aromatic carbocycles. The fraction of sp³-hybridized carbons (Fsp3) is 0. The van der Waals surface area contributed by atoms with Crippen LogP contribution in [0.15, 0.2) is 24.7 Å². The van der Waals surface area contributed by atoms with E-state index in [0.717, 1.165) is 0 Å². The van der Waals surface area contributed by atoms with Gasteiger partial charge < -0.3 is 4.40 Å². The molecule has 0 saturated heterocycles. The molecule has 2 nitrogen and oxygen atoms in total. The van der Waals surface area contributed by atoms with Gasteiger partial charge in [-0.3, -0.25) is 0 Å². The van der Waals surface area contributed by atoms with Crippen molar-refractivity contribution in [1.29, 1.82) is 0 Å². The Morgan fingerprint density at radius 3 is 3.21 bits per heavy atom. The highest BCUT2D eigenvalue weighted by atomic mass is 127. The smallest absolute Gasteiger partial charge is 0.155 e. The predicted octanol–water partition coefficient (Wildman–Crippen LogP) is 2.87. The van der Waals surface area contributed by atoms with E-state index >= 15 is 0 Å². The third-order valence-corrected chi connectivity index (χ3v) is 2.55. The number of nitrogens with zero attached hydrogens (tertiary/aromatic N) is 2. The molecular weight excluding hydrogens is 314 g/mol. The lowest BCUT2D eigenvalue weighted by Crippen LogP contribution is -1.90. The second-order valence-corrected chi connectivity index (χ2v) is 4.21. The molecule has 2 aromatic heterocycles. The number of fused-ring (bicyclic) bond motifs is 1. The lowest BCUT2D eigenvalue weighted by molar-refractivity contribution is 0.616. The van der Waals surface area contributed by atoms with Crippen molar-refractivity contribution in [2.45, 2.75) is 0 Å². The number of imidazole rings is 1. The third-order valence-electron chi connectivity index (χ3n) is 1.71. The molecule has 14 heavy (non-hydrogen) atoms. The summed E-state index contributed by atoms with van der Waals surface area (Å²) in [7, 11) is 1.33. The molecule has 0 N–H and O–H groups in total. The van der Waals surface area contributed by atoms with Gasteiger partial charge in [-0.15, -0.1) is 0 Å². The fourth-order valence-corrected chi connectivity index (χ4v) is 1.58. The molecule has 0 spiro atoms. The first-order chi connectivity index (χ1) is 6.81. The van der Waals surface area contributed by atoms with Gasteiger partial charge in [-0.2, -0.15) is 0 Å². The van der Waals surface area contributed by atoms with Crippen molar-refractivity contribution < 1.29 is 4.39 Å². The van der Waals surface area contributed by atoms with Crippen LogP contribution in [0, 0.1) is 17.0 Å². The van der Waals surface area contributed by atoms with Gasteiger partial charge in [0.2, 0.25) is 0 Å². The van der Waals surface area contributed by atoms with E-state index in [4.69, 9.17) is 0 Å². The van der Waals surface area contributed by atoms with Crippen LogP contribution in [0.3, 0.4) is 0 Å². The predicted molar refractivity (Wildman–Crippen MR) is 63.6 cm³/mol. The highest BCUT2D eigenvalue weighted by Gasteiger charge is 2.02.